The summed E-state index contributed by atoms with van der Waals surface area (Å²) < 4.78 is 4.44. The molecule has 0 saturated carbocycles. The molecule has 4 rings (SSSR count). The first-order valence-electron chi connectivity index (χ1n) is 9.68. The zero-order valence-electron chi connectivity index (χ0n) is 17.1. The van der Waals surface area contributed by atoms with Crippen LogP contribution < -0.4 is 0 Å². The number of aryl methyl sites for hydroxylation is 3. The molecule has 0 N–H and O–H groups in total. The Kier molecular flexibility index (Phi) is 5.16. The molecule has 0 amide bonds. The van der Waals surface area contributed by atoms with E-state index < -0.39 is 0 Å². The third kappa shape index (κ3) is 3.79. The Morgan fingerprint density at radius 2 is 1.41 bits per heavy atom. The molecule has 0 unspecified atom stereocenters. The first-order chi connectivity index (χ1) is 13.9. The average Bonchev–Trinajstić information content (AvgIpc) is 3.18. The van der Waals surface area contributed by atoms with Gasteiger partial charge in [0.25, 0.3) is 0 Å². The van der Waals surface area contributed by atoms with E-state index in [-0.39, 0.29) is 0 Å². The first-order valence-corrected chi connectivity index (χ1v) is 10.1. The number of aromatic nitrogens is 2. The van der Waals surface area contributed by atoms with E-state index in [9.17, 15) is 0 Å². The molecule has 2 aromatic heterocycles. The van der Waals surface area contributed by atoms with Crippen molar-refractivity contribution in [3.05, 3.63) is 100 Å². The van der Waals surface area contributed by atoms with Crippen LogP contribution in [-0.2, 0) is 0 Å². The zero-order valence-corrected chi connectivity index (χ0v) is 17.9. The second-order valence-electron chi connectivity index (χ2n) is 7.37. The van der Waals surface area contributed by atoms with Crippen LogP contribution in [0.25, 0.3) is 11.4 Å². The highest BCUT2D eigenvalue weighted by Crippen LogP contribution is 2.24. The van der Waals surface area contributed by atoms with Gasteiger partial charge in [-0.15, -0.1) is 0 Å². The van der Waals surface area contributed by atoms with E-state index in [2.05, 4.69) is 85.4 Å². The predicted octanol–water partition coefficient (Wildman–Crippen LogP) is 6.91. The molecule has 146 valence electrons. The van der Waals surface area contributed by atoms with Crippen molar-refractivity contribution in [2.24, 2.45) is 4.99 Å². The average molecular weight is 402 g/mol. The highest BCUT2D eigenvalue weighted by atomic mass is 35.5. The van der Waals surface area contributed by atoms with Crippen molar-refractivity contribution in [1.82, 2.24) is 9.13 Å². The smallest absolute Gasteiger partial charge is 0.0631 e. The van der Waals surface area contributed by atoms with Crippen LogP contribution in [-0.4, -0.2) is 15.3 Å². The Labute approximate surface area is 176 Å². The maximum absolute atomic E-state index is 6.18. The lowest BCUT2D eigenvalue weighted by atomic mass is 10.2. The van der Waals surface area contributed by atoms with Gasteiger partial charge in [-0.1, -0.05) is 17.7 Å². The molecule has 0 aliphatic heterocycles. The number of aliphatic imine (C=N–C) groups is 1. The van der Waals surface area contributed by atoms with Gasteiger partial charge in [-0.2, -0.15) is 0 Å². The number of rotatable bonds is 4. The van der Waals surface area contributed by atoms with Crippen LogP contribution in [0.1, 0.15) is 28.3 Å². The highest BCUT2D eigenvalue weighted by Gasteiger charge is 2.10. The lowest BCUT2D eigenvalue weighted by Crippen LogP contribution is -1.99. The minimum absolute atomic E-state index is 0.735. The Bertz CT molecular complexity index is 1170. The summed E-state index contributed by atoms with van der Waals surface area (Å²) in [5, 5.41) is 0.735. The molecule has 0 aliphatic carbocycles. The normalized spacial score (nSPS) is 11.5. The van der Waals surface area contributed by atoms with Crippen LogP contribution in [0.3, 0.4) is 0 Å². The molecule has 4 heteroatoms. The first kappa shape index (κ1) is 19.3. The summed E-state index contributed by atoms with van der Waals surface area (Å²) in [4.78, 5) is 4.70. The topological polar surface area (TPSA) is 22.2 Å². The molecule has 0 fully saturated rings. The summed E-state index contributed by atoms with van der Waals surface area (Å²) in [5.41, 5.74) is 9.01. The van der Waals surface area contributed by atoms with Crippen molar-refractivity contribution in [3.8, 4) is 11.4 Å². The van der Waals surface area contributed by atoms with Crippen LogP contribution in [0.5, 0.6) is 0 Å². The summed E-state index contributed by atoms with van der Waals surface area (Å²) in [6.45, 7) is 8.45. The van der Waals surface area contributed by atoms with Crippen molar-refractivity contribution >= 4 is 23.5 Å². The Morgan fingerprint density at radius 1 is 0.724 bits per heavy atom. The quantitative estimate of drug-likeness (QED) is 0.331. The second-order valence-corrected chi connectivity index (χ2v) is 7.80. The van der Waals surface area contributed by atoms with Crippen molar-refractivity contribution in [1.29, 1.82) is 0 Å². The fourth-order valence-electron chi connectivity index (χ4n) is 3.84. The summed E-state index contributed by atoms with van der Waals surface area (Å²) in [6, 6.07) is 22.7. The van der Waals surface area contributed by atoms with Gasteiger partial charge in [0.2, 0.25) is 0 Å². The molecule has 0 spiro atoms. The second kappa shape index (κ2) is 7.76. The number of hydrogen-bond acceptors (Lipinski definition) is 1. The van der Waals surface area contributed by atoms with Crippen LogP contribution in [0.15, 0.2) is 71.7 Å². The molecule has 2 aromatic carbocycles. The molecule has 3 nitrogen and oxygen atoms in total. The number of benzene rings is 2. The van der Waals surface area contributed by atoms with E-state index in [1.165, 1.54) is 11.4 Å². The summed E-state index contributed by atoms with van der Waals surface area (Å²) in [7, 11) is 0. The van der Waals surface area contributed by atoms with E-state index >= 15 is 0 Å². The highest BCUT2D eigenvalue weighted by molar-refractivity contribution is 6.30. The zero-order chi connectivity index (χ0) is 20.5. The van der Waals surface area contributed by atoms with Crippen molar-refractivity contribution < 1.29 is 0 Å². The van der Waals surface area contributed by atoms with Gasteiger partial charge in [-0.3, -0.25) is 4.99 Å². The van der Waals surface area contributed by atoms with Crippen molar-refractivity contribution in [2.75, 3.05) is 0 Å². The molecular weight excluding hydrogens is 378 g/mol. The SMILES string of the molecule is Cc1ccc(C)n1-c1ccc(N=Cc2cc(C)n(-c3cccc(Cl)c3)c2C)cc1. The van der Waals surface area contributed by atoms with Gasteiger partial charge in [0.15, 0.2) is 0 Å². The lowest BCUT2D eigenvalue weighted by Gasteiger charge is -2.10. The largest absolute Gasteiger partial charge is 0.319 e. The summed E-state index contributed by atoms with van der Waals surface area (Å²) in [5.74, 6) is 0. The maximum atomic E-state index is 6.18. The van der Waals surface area contributed by atoms with Crippen LogP contribution >= 0.6 is 11.6 Å². The molecule has 0 radical (unpaired) electrons. The number of hydrogen-bond donors (Lipinski definition) is 0. The van der Waals surface area contributed by atoms with E-state index in [0.29, 0.717) is 0 Å². The molecule has 0 bridgehead atoms. The Balaban J connectivity index is 1.61. The van der Waals surface area contributed by atoms with Crippen molar-refractivity contribution in [3.63, 3.8) is 0 Å². The molecular formula is C25H24ClN3. The summed E-state index contributed by atoms with van der Waals surface area (Å²) >= 11 is 6.18. The van der Waals surface area contributed by atoms with Gasteiger partial charge in [-0.25, -0.2) is 0 Å². The third-order valence-electron chi connectivity index (χ3n) is 5.27. The van der Waals surface area contributed by atoms with Gasteiger partial charge in [0, 0.05) is 51.0 Å². The Morgan fingerprint density at radius 3 is 2.07 bits per heavy atom. The van der Waals surface area contributed by atoms with E-state index in [1.807, 2.05) is 24.4 Å². The fraction of sp³-hybridized carbons (Fsp3) is 0.160. The standard InChI is InChI=1S/C25H24ClN3/c1-17-8-9-18(2)28(17)24-12-10-23(11-13-24)27-16-21-14-19(3)29(20(21)4)25-7-5-6-22(26)15-25/h5-16H,1-4H3. The van der Waals surface area contributed by atoms with Crippen LogP contribution in [0.4, 0.5) is 5.69 Å². The van der Waals surface area contributed by atoms with Gasteiger partial charge in [0.1, 0.15) is 0 Å². The van der Waals surface area contributed by atoms with Gasteiger partial charge >= 0.3 is 0 Å². The minimum atomic E-state index is 0.735. The lowest BCUT2D eigenvalue weighted by molar-refractivity contribution is 0.964. The van der Waals surface area contributed by atoms with E-state index in [1.54, 1.807) is 0 Å². The van der Waals surface area contributed by atoms with Gasteiger partial charge in [-0.05, 0) is 88.4 Å². The molecule has 0 aliphatic rings. The van der Waals surface area contributed by atoms with Crippen LogP contribution in [0.2, 0.25) is 5.02 Å². The molecule has 4 aromatic rings. The molecule has 2 heterocycles. The van der Waals surface area contributed by atoms with Gasteiger partial charge < -0.3 is 9.13 Å². The predicted molar refractivity (Wildman–Crippen MR) is 123 cm³/mol. The van der Waals surface area contributed by atoms with Crippen molar-refractivity contribution in [2.45, 2.75) is 27.7 Å². The Hall–Kier alpha value is -3.04. The maximum Gasteiger partial charge on any atom is 0.0631 e. The number of halogens is 1. The van der Waals surface area contributed by atoms with E-state index in [0.717, 1.165) is 39.0 Å². The number of nitrogens with zero attached hydrogens (tertiary/aromatic N) is 3. The van der Waals surface area contributed by atoms with Gasteiger partial charge in [0.05, 0.1) is 5.69 Å². The molecule has 0 atom stereocenters. The monoisotopic (exact) mass is 401 g/mol. The molecule has 29 heavy (non-hydrogen) atoms. The van der Waals surface area contributed by atoms with E-state index in [4.69, 9.17) is 16.6 Å². The third-order valence-corrected chi connectivity index (χ3v) is 5.50. The molecule has 0 saturated heterocycles. The van der Waals surface area contributed by atoms with Crippen LogP contribution in [0, 0.1) is 27.7 Å². The fourth-order valence-corrected chi connectivity index (χ4v) is 4.02. The minimum Gasteiger partial charge on any atom is -0.319 e. The summed E-state index contributed by atoms with van der Waals surface area (Å²) in [6.07, 6.45) is 1.94.